The number of amides is 1. The van der Waals surface area contributed by atoms with Gasteiger partial charge in [0.15, 0.2) is 0 Å². The quantitative estimate of drug-likeness (QED) is 0.813. The first-order valence-electron chi connectivity index (χ1n) is 7.93. The molecule has 0 bridgehead atoms. The van der Waals surface area contributed by atoms with Gasteiger partial charge in [-0.3, -0.25) is 14.3 Å². The van der Waals surface area contributed by atoms with Gasteiger partial charge in [0, 0.05) is 12.1 Å². The van der Waals surface area contributed by atoms with Crippen molar-refractivity contribution in [2.75, 3.05) is 6.54 Å². The van der Waals surface area contributed by atoms with Crippen molar-refractivity contribution >= 4 is 11.9 Å². The van der Waals surface area contributed by atoms with Gasteiger partial charge in [0.05, 0.1) is 12.2 Å². The number of aryl methyl sites for hydroxylation is 2. The molecule has 24 heavy (non-hydrogen) atoms. The summed E-state index contributed by atoms with van der Waals surface area (Å²) in [5, 5.41) is 15.5. The van der Waals surface area contributed by atoms with Crippen molar-refractivity contribution in [3.05, 3.63) is 52.3 Å². The first-order valence-corrected chi connectivity index (χ1v) is 7.93. The van der Waals surface area contributed by atoms with E-state index in [1.54, 1.807) is 0 Å². The lowest BCUT2D eigenvalue weighted by Crippen LogP contribution is -2.29. The predicted octanol–water partition coefficient (Wildman–Crippen LogP) is 1.99. The van der Waals surface area contributed by atoms with Crippen molar-refractivity contribution in [2.45, 2.75) is 40.2 Å². The summed E-state index contributed by atoms with van der Waals surface area (Å²) < 4.78 is 1.95. The van der Waals surface area contributed by atoms with Crippen molar-refractivity contribution in [2.24, 2.45) is 0 Å². The summed E-state index contributed by atoms with van der Waals surface area (Å²) in [6.45, 7) is 6.34. The van der Waals surface area contributed by atoms with E-state index in [4.69, 9.17) is 5.11 Å². The summed E-state index contributed by atoms with van der Waals surface area (Å²) in [6, 6.07) is 8.33. The number of rotatable bonds is 7. The Labute approximate surface area is 141 Å². The van der Waals surface area contributed by atoms with Gasteiger partial charge in [-0.05, 0) is 38.3 Å². The third-order valence-electron chi connectivity index (χ3n) is 4.02. The highest BCUT2D eigenvalue weighted by molar-refractivity contribution is 5.81. The van der Waals surface area contributed by atoms with Gasteiger partial charge in [-0.25, -0.2) is 0 Å². The molecule has 1 heterocycles. The molecule has 0 unspecified atom stereocenters. The van der Waals surface area contributed by atoms with Crippen molar-refractivity contribution in [1.82, 2.24) is 15.1 Å². The number of benzene rings is 1. The highest BCUT2D eigenvalue weighted by Crippen LogP contribution is 2.17. The van der Waals surface area contributed by atoms with Crippen molar-refractivity contribution in [3.8, 4) is 0 Å². The number of carbonyl (C=O) groups excluding carboxylic acids is 1. The second kappa shape index (κ2) is 7.77. The summed E-state index contributed by atoms with van der Waals surface area (Å²) in [5.41, 5.74) is 5.40. The van der Waals surface area contributed by atoms with E-state index < -0.39 is 5.97 Å². The molecule has 1 aromatic heterocycles. The first kappa shape index (κ1) is 17.7. The molecular formula is C18H23N3O3. The standard InChI is InChI=1S/C18H23N3O3/c1-12-4-6-15(7-5-12)11-21-14(3)16(13(2)20-21)8-9-17(22)19-10-18(23)24/h4-7H,8-11H2,1-3H3,(H,19,22)(H,23,24). The van der Waals surface area contributed by atoms with Crippen LogP contribution in [-0.4, -0.2) is 33.3 Å². The van der Waals surface area contributed by atoms with Crippen LogP contribution in [0.4, 0.5) is 0 Å². The maximum atomic E-state index is 11.7. The van der Waals surface area contributed by atoms with Crippen LogP contribution in [-0.2, 0) is 22.6 Å². The van der Waals surface area contributed by atoms with Crippen molar-refractivity contribution in [1.29, 1.82) is 0 Å². The number of carboxylic acid groups (broad SMARTS) is 1. The first-order chi connectivity index (χ1) is 11.4. The minimum atomic E-state index is -1.04. The molecule has 1 amide bonds. The predicted molar refractivity (Wildman–Crippen MR) is 90.9 cm³/mol. The molecule has 1 aromatic carbocycles. The van der Waals surface area contributed by atoms with Gasteiger partial charge < -0.3 is 10.4 Å². The largest absolute Gasteiger partial charge is 0.480 e. The van der Waals surface area contributed by atoms with Crippen LogP contribution in [0.15, 0.2) is 24.3 Å². The third-order valence-corrected chi connectivity index (χ3v) is 4.02. The Balaban J connectivity index is 2.01. The maximum Gasteiger partial charge on any atom is 0.322 e. The summed E-state index contributed by atoms with van der Waals surface area (Å²) in [6.07, 6.45) is 0.808. The number of aromatic nitrogens is 2. The smallest absolute Gasteiger partial charge is 0.322 e. The maximum absolute atomic E-state index is 11.7. The van der Waals surface area contributed by atoms with E-state index in [1.165, 1.54) is 11.1 Å². The molecule has 0 radical (unpaired) electrons. The second-order valence-electron chi connectivity index (χ2n) is 5.96. The Bertz CT molecular complexity index is 733. The Morgan fingerprint density at radius 3 is 2.46 bits per heavy atom. The summed E-state index contributed by atoms with van der Waals surface area (Å²) in [7, 11) is 0. The Kier molecular flexibility index (Phi) is 5.73. The number of hydrogen-bond acceptors (Lipinski definition) is 3. The van der Waals surface area contributed by atoms with E-state index in [1.807, 2.05) is 18.5 Å². The summed E-state index contributed by atoms with van der Waals surface area (Å²) in [4.78, 5) is 22.1. The molecule has 0 atom stereocenters. The van der Waals surface area contributed by atoms with E-state index in [-0.39, 0.29) is 18.9 Å². The second-order valence-corrected chi connectivity index (χ2v) is 5.96. The highest BCUT2D eigenvalue weighted by Gasteiger charge is 2.13. The van der Waals surface area contributed by atoms with Gasteiger partial charge in [0.25, 0.3) is 0 Å². The fourth-order valence-electron chi connectivity index (χ4n) is 2.62. The summed E-state index contributed by atoms with van der Waals surface area (Å²) in [5.74, 6) is -1.30. The Hall–Kier alpha value is -2.63. The van der Waals surface area contributed by atoms with Crippen LogP contribution in [0.1, 0.15) is 34.5 Å². The molecule has 0 aliphatic rings. The normalized spacial score (nSPS) is 10.6. The Morgan fingerprint density at radius 1 is 1.17 bits per heavy atom. The van der Waals surface area contributed by atoms with E-state index >= 15 is 0 Å². The fourth-order valence-corrected chi connectivity index (χ4v) is 2.62. The number of aliphatic carboxylic acids is 1. The van der Waals surface area contributed by atoms with Gasteiger partial charge in [-0.2, -0.15) is 5.10 Å². The molecule has 6 nitrogen and oxygen atoms in total. The number of hydrogen-bond donors (Lipinski definition) is 2. The zero-order valence-corrected chi connectivity index (χ0v) is 14.3. The average molecular weight is 329 g/mol. The summed E-state index contributed by atoms with van der Waals surface area (Å²) >= 11 is 0. The van der Waals surface area contributed by atoms with E-state index in [2.05, 4.69) is 41.6 Å². The van der Waals surface area contributed by atoms with Crippen molar-refractivity contribution < 1.29 is 14.7 Å². The van der Waals surface area contributed by atoms with Crippen LogP contribution in [0.2, 0.25) is 0 Å². The van der Waals surface area contributed by atoms with Gasteiger partial charge in [-0.15, -0.1) is 0 Å². The zero-order chi connectivity index (χ0) is 17.7. The minimum absolute atomic E-state index is 0.255. The zero-order valence-electron chi connectivity index (χ0n) is 14.3. The van der Waals surface area contributed by atoms with Gasteiger partial charge in [-0.1, -0.05) is 29.8 Å². The monoisotopic (exact) mass is 329 g/mol. The van der Waals surface area contributed by atoms with Crippen LogP contribution >= 0.6 is 0 Å². The van der Waals surface area contributed by atoms with Crippen molar-refractivity contribution in [3.63, 3.8) is 0 Å². The lowest BCUT2D eigenvalue weighted by molar-refractivity contribution is -0.137. The molecule has 2 aromatic rings. The molecule has 0 saturated carbocycles. The Morgan fingerprint density at radius 2 is 1.83 bits per heavy atom. The van der Waals surface area contributed by atoms with Crippen LogP contribution in [0.5, 0.6) is 0 Å². The topological polar surface area (TPSA) is 84.2 Å². The van der Waals surface area contributed by atoms with Gasteiger partial charge in [0.1, 0.15) is 6.54 Å². The lowest BCUT2D eigenvalue weighted by Gasteiger charge is -2.07. The average Bonchev–Trinajstić information content (AvgIpc) is 2.79. The molecule has 0 saturated heterocycles. The molecule has 0 aliphatic carbocycles. The molecule has 0 fully saturated rings. The molecule has 0 spiro atoms. The number of carbonyl (C=O) groups is 2. The number of carboxylic acids is 1. The SMILES string of the molecule is Cc1ccc(Cn2nc(C)c(CCC(=O)NCC(=O)O)c2C)cc1. The van der Waals surface area contributed by atoms with E-state index in [9.17, 15) is 9.59 Å². The van der Waals surface area contributed by atoms with Crippen LogP contribution < -0.4 is 5.32 Å². The van der Waals surface area contributed by atoms with Gasteiger partial charge in [0.2, 0.25) is 5.91 Å². The lowest BCUT2D eigenvalue weighted by atomic mass is 10.1. The molecule has 0 aliphatic heterocycles. The third kappa shape index (κ3) is 4.68. The number of nitrogens with zero attached hydrogens (tertiary/aromatic N) is 2. The fraction of sp³-hybridized carbons (Fsp3) is 0.389. The van der Waals surface area contributed by atoms with Gasteiger partial charge >= 0.3 is 5.97 Å². The van der Waals surface area contributed by atoms with Crippen LogP contribution in [0.3, 0.4) is 0 Å². The van der Waals surface area contributed by atoms with E-state index in [0.717, 1.165) is 17.0 Å². The molecule has 2 N–H and O–H groups in total. The molecule has 128 valence electrons. The number of nitrogens with one attached hydrogen (secondary N) is 1. The molecule has 2 rings (SSSR count). The molecular weight excluding hydrogens is 306 g/mol. The molecule has 6 heteroatoms. The van der Waals surface area contributed by atoms with E-state index in [0.29, 0.717) is 13.0 Å². The van der Waals surface area contributed by atoms with Crippen LogP contribution in [0, 0.1) is 20.8 Å². The van der Waals surface area contributed by atoms with Crippen LogP contribution in [0.25, 0.3) is 0 Å². The highest BCUT2D eigenvalue weighted by atomic mass is 16.4. The minimum Gasteiger partial charge on any atom is -0.480 e.